The van der Waals surface area contributed by atoms with Crippen molar-refractivity contribution < 1.29 is 9.59 Å². The van der Waals surface area contributed by atoms with Gasteiger partial charge in [0.15, 0.2) is 0 Å². The largest absolute Gasteiger partial charge is 0.352 e. The minimum Gasteiger partial charge on any atom is -0.352 e. The number of aromatic nitrogens is 2. The lowest BCUT2D eigenvalue weighted by Crippen LogP contribution is -2.29. The van der Waals surface area contributed by atoms with Crippen LogP contribution in [0.4, 0.5) is 0 Å². The molecular formula is C15H15N5O2. The average molecular weight is 297 g/mol. The van der Waals surface area contributed by atoms with Gasteiger partial charge in [0.25, 0.3) is 0 Å². The maximum atomic E-state index is 11.6. The average Bonchev–Trinajstić information content (AvgIpc) is 2.55. The van der Waals surface area contributed by atoms with E-state index >= 15 is 0 Å². The molecule has 0 aromatic carbocycles. The van der Waals surface area contributed by atoms with Crippen LogP contribution in [0.3, 0.4) is 0 Å². The summed E-state index contributed by atoms with van der Waals surface area (Å²) in [5.41, 5.74) is 3.76. The Morgan fingerprint density at radius 2 is 2.05 bits per heavy atom. The van der Waals surface area contributed by atoms with Gasteiger partial charge < -0.3 is 5.32 Å². The molecule has 0 saturated heterocycles. The highest BCUT2D eigenvalue weighted by atomic mass is 16.2. The Hall–Kier alpha value is -3.09. The lowest BCUT2D eigenvalue weighted by Gasteiger charge is -2.04. The number of hydrogen-bond donors (Lipinski definition) is 2. The van der Waals surface area contributed by atoms with Gasteiger partial charge in [-0.1, -0.05) is 12.1 Å². The number of hydrogen-bond acceptors (Lipinski definition) is 5. The van der Waals surface area contributed by atoms with Crippen LogP contribution in [-0.4, -0.2) is 28.0 Å². The van der Waals surface area contributed by atoms with Crippen molar-refractivity contribution >= 4 is 18.0 Å². The van der Waals surface area contributed by atoms with Gasteiger partial charge in [-0.2, -0.15) is 5.10 Å². The summed E-state index contributed by atoms with van der Waals surface area (Å²) >= 11 is 0. The van der Waals surface area contributed by atoms with Crippen molar-refractivity contribution in [3.05, 3.63) is 60.2 Å². The van der Waals surface area contributed by atoms with Gasteiger partial charge in [-0.05, 0) is 23.8 Å². The predicted octanol–water partition coefficient (Wildman–Crippen LogP) is 0.633. The SMILES string of the molecule is O=C(CC(=O)N/N=C\c1ccccn1)NCc1cccnc1. The highest BCUT2D eigenvalue weighted by molar-refractivity contribution is 5.97. The molecule has 112 valence electrons. The maximum Gasteiger partial charge on any atom is 0.249 e. The second-order valence-electron chi connectivity index (χ2n) is 4.36. The fourth-order valence-corrected chi connectivity index (χ4v) is 1.57. The summed E-state index contributed by atoms with van der Waals surface area (Å²) in [6.07, 6.45) is 6.04. The van der Waals surface area contributed by atoms with Crippen LogP contribution in [0.5, 0.6) is 0 Å². The van der Waals surface area contributed by atoms with Gasteiger partial charge in [0.1, 0.15) is 6.42 Å². The summed E-state index contributed by atoms with van der Waals surface area (Å²) in [4.78, 5) is 31.1. The third kappa shape index (κ3) is 5.49. The van der Waals surface area contributed by atoms with E-state index in [0.717, 1.165) is 5.56 Å². The van der Waals surface area contributed by atoms with Gasteiger partial charge in [-0.15, -0.1) is 0 Å². The summed E-state index contributed by atoms with van der Waals surface area (Å²) < 4.78 is 0. The highest BCUT2D eigenvalue weighted by Gasteiger charge is 2.08. The third-order valence-electron chi connectivity index (χ3n) is 2.61. The van der Waals surface area contributed by atoms with Crippen molar-refractivity contribution in [1.82, 2.24) is 20.7 Å². The minimum absolute atomic E-state index is 0.292. The van der Waals surface area contributed by atoms with Crippen LogP contribution < -0.4 is 10.7 Å². The molecule has 0 saturated carbocycles. The molecule has 2 amide bonds. The van der Waals surface area contributed by atoms with Crippen LogP contribution in [0.15, 0.2) is 54.0 Å². The summed E-state index contributed by atoms with van der Waals surface area (Å²) in [6.45, 7) is 0.331. The molecule has 0 fully saturated rings. The number of nitrogens with one attached hydrogen (secondary N) is 2. The van der Waals surface area contributed by atoms with Crippen LogP contribution in [0, 0.1) is 0 Å². The van der Waals surface area contributed by atoms with E-state index in [1.54, 1.807) is 36.8 Å². The summed E-state index contributed by atoms with van der Waals surface area (Å²) in [5, 5.41) is 6.37. The number of hydrazone groups is 1. The first-order valence-corrected chi connectivity index (χ1v) is 6.62. The van der Waals surface area contributed by atoms with Gasteiger partial charge in [0, 0.05) is 25.1 Å². The third-order valence-corrected chi connectivity index (χ3v) is 2.61. The van der Waals surface area contributed by atoms with Crippen LogP contribution in [0.1, 0.15) is 17.7 Å². The molecule has 0 aliphatic heterocycles. The Labute approximate surface area is 127 Å². The van der Waals surface area contributed by atoms with Crippen molar-refractivity contribution in [3.8, 4) is 0 Å². The van der Waals surface area contributed by atoms with E-state index in [1.165, 1.54) is 6.21 Å². The van der Waals surface area contributed by atoms with Crippen molar-refractivity contribution in [2.24, 2.45) is 5.10 Å². The van der Waals surface area contributed by atoms with E-state index < -0.39 is 5.91 Å². The molecule has 2 N–H and O–H groups in total. The van der Waals surface area contributed by atoms with Crippen LogP contribution >= 0.6 is 0 Å². The number of nitrogens with zero attached hydrogens (tertiary/aromatic N) is 3. The second-order valence-corrected chi connectivity index (χ2v) is 4.36. The van der Waals surface area contributed by atoms with Crippen molar-refractivity contribution in [2.75, 3.05) is 0 Å². The molecule has 7 heteroatoms. The number of rotatable bonds is 6. The fraction of sp³-hybridized carbons (Fsp3) is 0.133. The predicted molar refractivity (Wildman–Crippen MR) is 80.7 cm³/mol. The van der Waals surface area contributed by atoms with Crippen molar-refractivity contribution in [2.45, 2.75) is 13.0 Å². The Balaban J connectivity index is 1.70. The van der Waals surface area contributed by atoms with Gasteiger partial charge in [-0.3, -0.25) is 19.6 Å². The van der Waals surface area contributed by atoms with Gasteiger partial charge in [0.2, 0.25) is 11.8 Å². The number of pyridine rings is 2. The first-order valence-electron chi connectivity index (χ1n) is 6.62. The molecule has 0 spiro atoms. The molecule has 0 unspecified atom stereocenters. The summed E-state index contributed by atoms with van der Waals surface area (Å²) in [5.74, 6) is -0.870. The number of carbonyl (C=O) groups is 2. The molecule has 2 aromatic rings. The van der Waals surface area contributed by atoms with E-state index in [4.69, 9.17) is 0 Å². The standard InChI is InChI=1S/C15H15N5O2/c21-14(18-10-12-4-3-6-16-9-12)8-15(22)20-19-11-13-5-1-2-7-17-13/h1-7,9,11H,8,10H2,(H,18,21)(H,20,22)/b19-11-. The van der Waals surface area contributed by atoms with Crippen molar-refractivity contribution in [3.63, 3.8) is 0 Å². The van der Waals surface area contributed by atoms with E-state index in [9.17, 15) is 9.59 Å². The second kappa shape index (κ2) is 8.25. The molecule has 0 aliphatic rings. The highest BCUT2D eigenvalue weighted by Crippen LogP contribution is 1.94. The van der Waals surface area contributed by atoms with Gasteiger partial charge in [-0.25, -0.2) is 5.43 Å². The molecule has 7 nitrogen and oxygen atoms in total. The van der Waals surface area contributed by atoms with Crippen LogP contribution in [-0.2, 0) is 16.1 Å². The Bertz CT molecular complexity index is 643. The zero-order valence-electron chi connectivity index (χ0n) is 11.8. The van der Waals surface area contributed by atoms with Crippen LogP contribution in [0.2, 0.25) is 0 Å². The first-order chi connectivity index (χ1) is 10.7. The number of carbonyl (C=O) groups excluding carboxylic acids is 2. The zero-order chi connectivity index (χ0) is 15.6. The molecule has 0 radical (unpaired) electrons. The molecule has 0 aliphatic carbocycles. The summed E-state index contributed by atoms with van der Waals surface area (Å²) in [7, 11) is 0. The Morgan fingerprint density at radius 1 is 1.14 bits per heavy atom. The minimum atomic E-state index is -0.490. The van der Waals surface area contributed by atoms with Crippen molar-refractivity contribution in [1.29, 1.82) is 0 Å². The quantitative estimate of drug-likeness (QED) is 0.464. The van der Waals surface area contributed by atoms with Gasteiger partial charge in [0.05, 0.1) is 11.9 Å². The smallest absolute Gasteiger partial charge is 0.249 e. The van der Waals surface area contributed by atoms with E-state index in [-0.39, 0.29) is 12.3 Å². The lowest BCUT2D eigenvalue weighted by atomic mass is 10.3. The molecule has 2 rings (SSSR count). The van der Waals surface area contributed by atoms with E-state index in [0.29, 0.717) is 12.2 Å². The molecule has 2 aromatic heterocycles. The lowest BCUT2D eigenvalue weighted by molar-refractivity contribution is -0.129. The molecule has 2 heterocycles. The Kier molecular flexibility index (Phi) is 5.74. The summed E-state index contributed by atoms with van der Waals surface area (Å²) in [6, 6.07) is 8.95. The number of amides is 2. The molecule has 22 heavy (non-hydrogen) atoms. The van der Waals surface area contributed by atoms with Gasteiger partial charge >= 0.3 is 0 Å². The monoisotopic (exact) mass is 297 g/mol. The zero-order valence-corrected chi connectivity index (χ0v) is 11.8. The Morgan fingerprint density at radius 3 is 2.77 bits per heavy atom. The fourth-order valence-electron chi connectivity index (χ4n) is 1.57. The normalized spacial score (nSPS) is 10.4. The van der Waals surface area contributed by atoms with E-state index in [2.05, 4.69) is 25.8 Å². The molecule has 0 bridgehead atoms. The molecular weight excluding hydrogens is 282 g/mol. The van der Waals surface area contributed by atoms with E-state index in [1.807, 2.05) is 12.1 Å². The first kappa shape index (κ1) is 15.3. The molecule has 0 atom stereocenters. The topological polar surface area (TPSA) is 96.3 Å². The van der Waals surface area contributed by atoms with Crippen LogP contribution in [0.25, 0.3) is 0 Å². The maximum absolute atomic E-state index is 11.6.